The molecule has 1 aromatic carbocycles. The SMILES string of the molecule is CCCn1cc(N)cc1C(=O)Nc1ccc(F)c(OC)c1. The first-order chi connectivity index (χ1) is 10.0. The largest absolute Gasteiger partial charge is 0.494 e. The van der Waals surface area contributed by atoms with Crippen molar-refractivity contribution in [1.82, 2.24) is 4.57 Å². The van der Waals surface area contributed by atoms with Crippen molar-refractivity contribution in [2.24, 2.45) is 0 Å². The molecule has 0 saturated heterocycles. The van der Waals surface area contributed by atoms with E-state index in [0.717, 1.165) is 6.42 Å². The molecule has 2 rings (SSSR count). The zero-order valence-corrected chi connectivity index (χ0v) is 12.0. The standard InChI is InChI=1S/C15H18FN3O2/c1-3-6-19-9-10(17)7-13(19)15(20)18-11-4-5-12(16)14(8-11)21-2/h4-5,7-9H,3,6,17H2,1-2H3,(H,18,20). The van der Waals surface area contributed by atoms with Gasteiger partial charge in [0.2, 0.25) is 0 Å². The van der Waals surface area contributed by atoms with Gasteiger partial charge in [0.15, 0.2) is 11.6 Å². The zero-order valence-electron chi connectivity index (χ0n) is 12.0. The summed E-state index contributed by atoms with van der Waals surface area (Å²) < 4.78 is 20.0. The van der Waals surface area contributed by atoms with Gasteiger partial charge >= 0.3 is 0 Å². The molecule has 0 spiro atoms. The molecule has 0 saturated carbocycles. The Labute approximate surface area is 122 Å². The summed E-state index contributed by atoms with van der Waals surface area (Å²) in [6.45, 7) is 2.72. The number of nitrogens with two attached hydrogens (primary N) is 1. The molecule has 1 heterocycles. The van der Waals surface area contributed by atoms with Crippen LogP contribution in [0.3, 0.4) is 0 Å². The number of nitrogen functional groups attached to an aromatic ring is 1. The molecule has 0 aliphatic heterocycles. The molecule has 112 valence electrons. The summed E-state index contributed by atoms with van der Waals surface area (Å²) in [6, 6.07) is 5.77. The molecule has 0 fully saturated rings. The average Bonchev–Trinajstić information content (AvgIpc) is 2.82. The minimum Gasteiger partial charge on any atom is -0.494 e. The van der Waals surface area contributed by atoms with Crippen molar-refractivity contribution in [3.05, 3.63) is 42.0 Å². The smallest absolute Gasteiger partial charge is 0.272 e. The van der Waals surface area contributed by atoms with Gasteiger partial charge in [-0.2, -0.15) is 0 Å². The number of ether oxygens (including phenoxy) is 1. The highest BCUT2D eigenvalue weighted by molar-refractivity contribution is 6.03. The van der Waals surface area contributed by atoms with Crippen LogP contribution in [0, 0.1) is 5.82 Å². The summed E-state index contributed by atoms with van der Waals surface area (Å²) in [5, 5.41) is 2.71. The molecular weight excluding hydrogens is 273 g/mol. The Kier molecular flexibility index (Phi) is 4.47. The molecule has 0 unspecified atom stereocenters. The number of nitrogens with one attached hydrogen (secondary N) is 1. The first-order valence-electron chi connectivity index (χ1n) is 6.65. The maximum absolute atomic E-state index is 13.3. The van der Waals surface area contributed by atoms with Gasteiger partial charge in [-0.05, 0) is 24.6 Å². The number of methoxy groups -OCH3 is 1. The monoisotopic (exact) mass is 291 g/mol. The van der Waals surface area contributed by atoms with Crippen LogP contribution in [0.15, 0.2) is 30.5 Å². The van der Waals surface area contributed by atoms with Crippen molar-refractivity contribution in [2.45, 2.75) is 19.9 Å². The topological polar surface area (TPSA) is 69.3 Å². The van der Waals surface area contributed by atoms with E-state index in [1.807, 2.05) is 6.92 Å². The van der Waals surface area contributed by atoms with E-state index in [0.29, 0.717) is 23.6 Å². The molecule has 1 amide bonds. The second-order valence-corrected chi connectivity index (χ2v) is 4.66. The molecular formula is C15H18FN3O2. The Morgan fingerprint density at radius 2 is 2.19 bits per heavy atom. The van der Waals surface area contributed by atoms with Gasteiger partial charge in [0.25, 0.3) is 5.91 Å². The maximum Gasteiger partial charge on any atom is 0.272 e. The normalized spacial score (nSPS) is 10.4. The van der Waals surface area contributed by atoms with Crippen LogP contribution in [0.2, 0.25) is 0 Å². The quantitative estimate of drug-likeness (QED) is 0.890. The Morgan fingerprint density at radius 3 is 2.86 bits per heavy atom. The highest BCUT2D eigenvalue weighted by Crippen LogP contribution is 2.22. The third kappa shape index (κ3) is 3.34. The van der Waals surface area contributed by atoms with E-state index in [2.05, 4.69) is 5.32 Å². The predicted octanol–water partition coefficient (Wildman–Crippen LogP) is 2.88. The molecule has 3 N–H and O–H groups in total. The fourth-order valence-electron chi connectivity index (χ4n) is 2.08. The second-order valence-electron chi connectivity index (χ2n) is 4.66. The highest BCUT2D eigenvalue weighted by atomic mass is 19.1. The molecule has 0 aliphatic rings. The van der Waals surface area contributed by atoms with Crippen LogP contribution >= 0.6 is 0 Å². The molecule has 0 atom stereocenters. The molecule has 1 aromatic heterocycles. The number of amides is 1. The fourth-order valence-corrected chi connectivity index (χ4v) is 2.08. The van der Waals surface area contributed by atoms with Crippen molar-refractivity contribution < 1.29 is 13.9 Å². The zero-order chi connectivity index (χ0) is 15.4. The second kappa shape index (κ2) is 6.30. The van der Waals surface area contributed by atoms with Gasteiger partial charge < -0.3 is 20.4 Å². The summed E-state index contributed by atoms with van der Waals surface area (Å²) in [6.07, 6.45) is 2.61. The molecule has 5 nitrogen and oxygen atoms in total. The summed E-state index contributed by atoms with van der Waals surface area (Å²) in [5.41, 5.74) is 7.20. The van der Waals surface area contributed by atoms with Gasteiger partial charge in [0.05, 0.1) is 12.8 Å². The van der Waals surface area contributed by atoms with Gasteiger partial charge in [-0.1, -0.05) is 6.92 Å². The number of benzene rings is 1. The van der Waals surface area contributed by atoms with E-state index in [9.17, 15) is 9.18 Å². The molecule has 6 heteroatoms. The van der Waals surface area contributed by atoms with Crippen LogP contribution in [0.1, 0.15) is 23.8 Å². The number of aromatic nitrogens is 1. The van der Waals surface area contributed by atoms with E-state index < -0.39 is 5.82 Å². The van der Waals surface area contributed by atoms with Crippen LogP contribution in [-0.2, 0) is 6.54 Å². The highest BCUT2D eigenvalue weighted by Gasteiger charge is 2.13. The third-order valence-electron chi connectivity index (χ3n) is 3.02. The minimum absolute atomic E-state index is 0.0799. The van der Waals surface area contributed by atoms with E-state index in [1.165, 1.54) is 25.3 Å². The average molecular weight is 291 g/mol. The molecule has 0 aliphatic carbocycles. The van der Waals surface area contributed by atoms with Gasteiger partial charge in [0, 0.05) is 24.5 Å². The van der Waals surface area contributed by atoms with Crippen LogP contribution < -0.4 is 15.8 Å². The van der Waals surface area contributed by atoms with E-state index >= 15 is 0 Å². The van der Waals surface area contributed by atoms with Crippen molar-refractivity contribution in [1.29, 1.82) is 0 Å². The molecule has 0 radical (unpaired) electrons. The number of aryl methyl sites for hydroxylation is 1. The molecule has 0 bridgehead atoms. The summed E-state index contributed by atoms with van der Waals surface area (Å²) in [4.78, 5) is 12.3. The lowest BCUT2D eigenvalue weighted by Crippen LogP contribution is -2.16. The van der Waals surface area contributed by atoms with Gasteiger partial charge in [-0.25, -0.2) is 4.39 Å². The Balaban J connectivity index is 2.21. The number of carbonyl (C=O) groups excluding carboxylic acids is 1. The van der Waals surface area contributed by atoms with Gasteiger partial charge in [-0.15, -0.1) is 0 Å². The third-order valence-corrected chi connectivity index (χ3v) is 3.02. The first-order valence-corrected chi connectivity index (χ1v) is 6.65. The van der Waals surface area contributed by atoms with E-state index in [-0.39, 0.29) is 11.7 Å². The van der Waals surface area contributed by atoms with Gasteiger partial charge in [0.1, 0.15) is 5.69 Å². The number of hydrogen-bond donors (Lipinski definition) is 2. The summed E-state index contributed by atoms with van der Waals surface area (Å²) >= 11 is 0. The number of hydrogen-bond acceptors (Lipinski definition) is 3. The number of carbonyl (C=O) groups is 1. The maximum atomic E-state index is 13.3. The fraction of sp³-hybridized carbons (Fsp3) is 0.267. The van der Waals surface area contributed by atoms with E-state index in [1.54, 1.807) is 16.8 Å². The van der Waals surface area contributed by atoms with E-state index in [4.69, 9.17) is 10.5 Å². The van der Waals surface area contributed by atoms with Crippen LogP contribution in [0.4, 0.5) is 15.8 Å². The lowest BCUT2D eigenvalue weighted by molar-refractivity contribution is 0.101. The summed E-state index contributed by atoms with van der Waals surface area (Å²) in [7, 11) is 1.37. The first kappa shape index (κ1) is 14.9. The van der Waals surface area contributed by atoms with Gasteiger partial charge in [-0.3, -0.25) is 4.79 Å². The Bertz CT molecular complexity index is 652. The van der Waals surface area contributed by atoms with Crippen molar-refractivity contribution in [2.75, 3.05) is 18.2 Å². The van der Waals surface area contributed by atoms with Crippen molar-refractivity contribution >= 4 is 17.3 Å². The molecule has 2 aromatic rings. The number of nitrogens with zero attached hydrogens (tertiary/aromatic N) is 1. The molecule has 21 heavy (non-hydrogen) atoms. The lowest BCUT2D eigenvalue weighted by Gasteiger charge is -2.10. The predicted molar refractivity (Wildman–Crippen MR) is 80.0 cm³/mol. The lowest BCUT2D eigenvalue weighted by atomic mass is 10.2. The number of anilines is 2. The van der Waals surface area contributed by atoms with Crippen LogP contribution in [-0.4, -0.2) is 17.6 Å². The van der Waals surface area contributed by atoms with Crippen molar-refractivity contribution in [3.63, 3.8) is 0 Å². The minimum atomic E-state index is -0.478. The number of rotatable bonds is 5. The Morgan fingerprint density at radius 1 is 1.43 bits per heavy atom. The Hall–Kier alpha value is -2.50. The summed E-state index contributed by atoms with van der Waals surface area (Å²) in [5.74, 6) is -0.695. The van der Waals surface area contributed by atoms with Crippen LogP contribution in [0.5, 0.6) is 5.75 Å². The van der Waals surface area contributed by atoms with Crippen LogP contribution in [0.25, 0.3) is 0 Å². The van der Waals surface area contributed by atoms with Crippen molar-refractivity contribution in [3.8, 4) is 5.75 Å². The number of halogens is 1.